The SMILES string of the molecule is CCOc1cc2c(cc1C(Cl)C(=O)NC1CC1)OC(C)C2. The maximum Gasteiger partial charge on any atom is 0.242 e. The van der Waals surface area contributed by atoms with Crippen molar-refractivity contribution in [2.45, 2.75) is 50.6 Å². The predicted octanol–water partition coefficient (Wildman–Crippen LogP) is 2.97. The van der Waals surface area contributed by atoms with E-state index in [2.05, 4.69) is 5.32 Å². The first-order valence-corrected chi connectivity index (χ1v) is 7.92. The maximum atomic E-state index is 12.2. The Kier molecular flexibility index (Phi) is 3.98. The van der Waals surface area contributed by atoms with Gasteiger partial charge in [0.15, 0.2) is 0 Å². The molecular formula is C16H20ClNO3. The van der Waals surface area contributed by atoms with E-state index in [-0.39, 0.29) is 12.0 Å². The summed E-state index contributed by atoms with van der Waals surface area (Å²) < 4.78 is 11.4. The van der Waals surface area contributed by atoms with Crippen molar-refractivity contribution < 1.29 is 14.3 Å². The largest absolute Gasteiger partial charge is 0.494 e. The number of fused-ring (bicyclic) bond motifs is 1. The fourth-order valence-electron chi connectivity index (χ4n) is 2.58. The number of amides is 1. The summed E-state index contributed by atoms with van der Waals surface area (Å²) in [6.07, 6.45) is 3.09. The molecule has 0 saturated heterocycles. The molecule has 114 valence electrons. The van der Waals surface area contributed by atoms with Crippen LogP contribution in [0.4, 0.5) is 0 Å². The van der Waals surface area contributed by atoms with E-state index in [1.807, 2.05) is 26.0 Å². The summed E-state index contributed by atoms with van der Waals surface area (Å²) in [6.45, 7) is 4.48. The topological polar surface area (TPSA) is 47.6 Å². The monoisotopic (exact) mass is 309 g/mol. The Morgan fingerprint density at radius 2 is 2.29 bits per heavy atom. The Morgan fingerprint density at radius 3 is 2.95 bits per heavy atom. The standard InChI is InChI=1S/C16H20ClNO3/c1-3-20-14-7-10-6-9(2)21-13(10)8-12(14)15(17)16(19)18-11-4-5-11/h7-9,11,15H,3-6H2,1-2H3,(H,18,19). The Balaban J connectivity index is 1.88. The third-order valence-corrected chi connectivity index (χ3v) is 4.19. The quantitative estimate of drug-likeness (QED) is 0.851. The Morgan fingerprint density at radius 1 is 1.52 bits per heavy atom. The van der Waals surface area contributed by atoms with E-state index in [4.69, 9.17) is 21.1 Å². The number of ether oxygens (including phenoxy) is 2. The molecule has 0 bridgehead atoms. The second kappa shape index (κ2) is 5.76. The van der Waals surface area contributed by atoms with E-state index < -0.39 is 5.38 Å². The van der Waals surface area contributed by atoms with Gasteiger partial charge in [-0.2, -0.15) is 0 Å². The smallest absolute Gasteiger partial charge is 0.242 e. The van der Waals surface area contributed by atoms with Crippen LogP contribution in [-0.2, 0) is 11.2 Å². The summed E-state index contributed by atoms with van der Waals surface area (Å²) in [5.74, 6) is 1.33. The molecule has 5 heteroatoms. The highest BCUT2D eigenvalue weighted by atomic mass is 35.5. The van der Waals surface area contributed by atoms with Gasteiger partial charge in [-0.15, -0.1) is 11.6 Å². The Bertz CT molecular complexity index is 557. The molecule has 0 radical (unpaired) electrons. The van der Waals surface area contributed by atoms with Crippen LogP contribution in [0.3, 0.4) is 0 Å². The number of alkyl halides is 1. The van der Waals surface area contributed by atoms with Crippen molar-refractivity contribution in [3.05, 3.63) is 23.3 Å². The molecule has 0 spiro atoms. The van der Waals surface area contributed by atoms with Gasteiger partial charge in [0.1, 0.15) is 23.0 Å². The highest BCUT2D eigenvalue weighted by Gasteiger charge is 2.30. The molecule has 21 heavy (non-hydrogen) atoms. The highest BCUT2D eigenvalue weighted by molar-refractivity contribution is 6.31. The molecule has 1 fully saturated rings. The zero-order chi connectivity index (χ0) is 15.0. The van der Waals surface area contributed by atoms with E-state index in [1.165, 1.54) is 0 Å². The molecule has 2 atom stereocenters. The highest BCUT2D eigenvalue weighted by Crippen LogP contribution is 2.39. The zero-order valence-electron chi connectivity index (χ0n) is 12.3. The van der Waals surface area contributed by atoms with Crippen molar-refractivity contribution in [3.8, 4) is 11.5 Å². The summed E-state index contributed by atoms with van der Waals surface area (Å²) in [5, 5.41) is 2.18. The van der Waals surface area contributed by atoms with Crippen LogP contribution in [0.15, 0.2) is 12.1 Å². The molecule has 1 N–H and O–H groups in total. The van der Waals surface area contributed by atoms with Crippen LogP contribution in [0.25, 0.3) is 0 Å². The lowest BCUT2D eigenvalue weighted by atomic mass is 10.0. The van der Waals surface area contributed by atoms with Crippen molar-refractivity contribution in [1.82, 2.24) is 5.32 Å². The number of halogens is 1. The number of nitrogens with one attached hydrogen (secondary N) is 1. The van der Waals surface area contributed by atoms with E-state index >= 15 is 0 Å². The number of benzene rings is 1. The summed E-state index contributed by atoms with van der Waals surface area (Å²) >= 11 is 6.36. The molecule has 1 aromatic rings. The minimum Gasteiger partial charge on any atom is -0.494 e. The van der Waals surface area contributed by atoms with Crippen molar-refractivity contribution >= 4 is 17.5 Å². The van der Waals surface area contributed by atoms with Crippen LogP contribution in [0.2, 0.25) is 0 Å². The van der Waals surface area contributed by atoms with Gasteiger partial charge in [-0.1, -0.05) is 0 Å². The van der Waals surface area contributed by atoms with Crippen molar-refractivity contribution in [1.29, 1.82) is 0 Å². The van der Waals surface area contributed by atoms with Crippen molar-refractivity contribution in [2.75, 3.05) is 6.61 Å². The molecule has 0 aromatic heterocycles. The van der Waals surface area contributed by atoms with Crippen molar-refractivity contribution in [2.24, 2.45) is 0 Å². The lowest BCUT2D eigenvalue weighted by Crippen LogP contribution is -2.29. The number of hydrogen-bond donors (Lipinski definition) is 1. The second-order valence-electron chi connectivity index (χ2n) is 5.71. The number of carbonyl (C=O) groups is 1. The molecule has 1 aromatic carbocycles. The zero-order valence-corrected chi connectivity index (χ0v) is 13.1. The molecule has 1 heterocycles. The van der Waals surface area contributed by atoms with E-state index in [0.29, 0.717) is 24.0 Å². The van der Waals surface area contributed by atoms with Crippen LogP contribution in [-0.4, -0.2) is 24.7 Å². The first-order chi connectivity index (χ1) is 10.1. The van der Waals surface area contributed by atoms with Gasteiger partial charge < -0.3 is 14.8 Å². The van der Waals surface area contributed by atoms with Gasteiger partial charge >= 0.3 is 0 Å². The van der Waals surface area contributed by atoms with Crippen LogP contribution in [0.1, 0.15) is 43.2 Å². The maximum absolute atomic E-state index is 12.2. The fraction of sp³-hybridized carbons (Fsp3) is 0.562. The average molecular weight is 310 g/mol. The normalized spacial score (nSPS) is 21.4. The minimum atomic E-state index is -0.753. The molecule has 2 unspecified atom stereocenters. The summed E-state index contributed by atoms with van der Waals surface area (Å²) in [7, 11) is 0. The van der Waals surface area contributed by atoms with Gasteiger partial charge in [0.25, 0.3) is 0 Å². The van der Waals surface area contributed by atoms with Gasteiger partial charge in [-0.25, -0.2) is 0 Å². The van der Waals surface area contributed by atoms with Gasteiger partial charge in [0.05, 0.1) is 6.61 Å². The third kappa shape index (κ3) is 3.10. The molecule has 1 aliphatic carbocycles. The number of hydrogen-bond acceptors (Lipinski definition) is 3. The molecule has 1 amide bonds. The molecule has 4 nitrogen and oxygen atoms in total. The van der Waals surface area contributed by atoms with E-state index in [9.17, 15) is 4.79 Å². The summed E-state index contributed by atoms with van der Waals surface area (Å²) in [6, 6.07) is 4.10. The van der Waals surface area contributed by atoms with Crippen molar-refractivity contribution in [3.63, 3.8) is 0 Å². The minimum absolute atomic E-state index is 0.152. The van der Waals surface area contributed by atoms with Crippen LogP contribution in [0.5, 0.6) is 11.5 Å². The first-order valence-electron chi connectivity index (χ1n) is 7.49. The van der Waals surface area contributed by atoms with Gasteiger partial charge in [-0.3, -0.25) is 4.79 Å². The summed E-state index contributed by atoms with van der Waals surface area (Å²) in [5.41, 5.74) is 1.80. The second-order valence-corrected chi connectivity index (χ2v) is 6.15. The number of rotatable bonds is 5. The molecule has 3 rings (SSSR count). The first kappa shape index (κ1) is 14.5. The molecular weight excluding hydrogens is 290 g/mol. The van der Waals surface area contributed by atoms with E-state index in [1.54, 1.807) is 0 Å². The van der Waals surface area contributed by atoms with Gasteiger partial charge in [0.2, 0.25) is 5.91 Å². The molecule has 2 aliphatic rings. The Labute approximate surface area is 129 Å². The lowest BCUT2D eigenvalue weighted by molar-refractivity contribution is -0.121. The van der Waals surface area contributed by atoms with Crippen LogP contribution < -0.4 is 14.8 Å². The van der Waals surface area contributed by atoms with Gasteiger partial charge in [-0.05, 0) is 38.8 Å². The summed E-state index contributed by atoms with van der Waals surface area (Å²) in [4.78, 5) is 12.2. The fourth-order valence-corrected chi connectivity index (χ4v) is 2.81. The van der Waals surface area contributed by atoms with Crippen LogP contribution in [0, 0.1) is 0 Å². The third-order valence-electron chi connectivity index (χ3n) is 3.76. The lowest BCUT2D eigenvalue weighted by Gasteiger charge is -2.16. The Hall–Kier alpha value is -1.42. The average Bonchev–Trinajstić information content (AvgIpc) is 3.17. The predicted molar refractivity (Wildman–Crippen MR) is 81.2 cm³/mol. The molecule has 1 aliphatic heterocycles. The van der Waals surface area contributed by atoms with Crippen LogP contribution >= 0.6 is 11.6 Å². The molecule has 1 saturated carbocycles. The number of carbonyl (C=O) groups excluding carboxylic acids is 1. The van der Waals surface area contributed by atoms with E-state index in [0.717, 1.165) is 30.6 Å². The van der Waals surface area contributed by atoms with Gasteiger partial charge in [0, 0.05) is 23.6 Å².